The third-order valence-electron chi connectivity index (χ3n) is 4.18. The van der Waals surface area contributed by atoms with Gasteiger partial charge < -0.3 is 24.1 Å². The van der Waals surface area contributed by atoms with Crippen LogP contribution in [0, 0.1) is 5.92 Å². The number of carbonyl (C=O) groups excluding carboxylic acids is 2. The summed E-state index contributed by atoms with van der Waals surface area (Å²) in [7, 11) is 1.48. The van der Waals surface area contributed by atoms with E-state index in [0.29, 0.717) is 25.7 Å². The highest BCUT2D eigenvalue weighted by Crippen LogP contribution is 2.31. The summed E-state index contributed by atoms with van der Waals surface area (Å²) in [5.41, 5.74) is 0. The molecule has 26 heavy (non-hydrogen) atoms. The van der Waals surface area contributed by atoms with Gasteiger partial charge in [-0.2, -0.15) is 0 Å². The molecule has 150 valence electrons. The summed E-state index contributed by atoms with van der Waals surface area (Å²) < 4.78 is 22.0. The molecule has 0 saturated carbocycles. The Labute approximate surface area is 154 Å². The van der Waals surface area contributed by atoms with E-state index in [-0.39, 0.29) is 37.8 Å². The number of carbonyl (C=O) groups is 3. The topological polar surface area (TPSA) is 108 Å². The van der Waals surface area contributed by atoms with Crippen LogP contribution in [-0.4, -0.2) is 55.2 Å². The summed E-state index contributed by atoms with van der Waals surface area (Å²) in [5, 5.41) is 8.86. The van der Waals surface area contributed by atoms with Crippen molar-refractivity contribution in [3.05, 3.63) is 0 Å². The fourth-order valence-corrected chi connectivity index (χ4v) is 2.98. The summed E-state index contributed by atoms with van der Waals surface area (Å²) in [6.07, 6.45) is 0.494. The Hall–Kier alpha value is -1.67. The van der Waals surface area contributed by atoms with Gasteiger partial charge in [-0.05, 0) is 25.7 Å². The number of carboxylic acid groups (broad SMARTS) is 1. The molecule has 1 aliphatic rings. The molecule has 1 rings (SSSR count). The lowest BCUT2D eigenvalue weighted by Gasteiger charge is -2.41. The molecule has 8 heteroatoms. The van der Waals surface area contributed by atoms with Gasteiger partial charge in [-0.15, -0.1) is 0 Å². The fourth-order valence-electron chi connectivity index (χ4n) is 2.98. The molecule has 1 N–H and O–H groups in total. The minimum absolute atomic E-state index is 0.0111. The number of methoxy groups -OCH3 is 1. The van der Waals surface area contributed by atoms with Gasteiger partial charge in [-0.3, -0.25) is 14.4 Å². The molecule has 0 unspecified atom stereocenters. The zero-order valence-electron chi connectivity index (χ0n) is 15.8. The first kappa shape index (κ1) is 22.4. The highest BCUT2D eigenvalue weighted by molar-refractivity contribution is 5.70. The summed E-state index contributed by atoms with van der Waals surface area (Å²) in [5.74, 6) is -2.07. The third kappa shape index (κ3) is 7.29. The molecule has 0 aromatic carbocycles. The molecule has 0 bridgehead atoms. The van der Waals surface area contributed by atoms with Crippen LogP contribution in [0.4, 0.5) is 0 Å². The lowest BCUT2D eigenvalue weighted by Crippen LogP contribution is -2.53. The Bertz CT molecular complexity index is 464. The lowest BCUT2D eigenvalue weighted by molar-refractivity contribution is -0.254. The van der Waals surface area contributed by atoms with E-state index in [4.69, 9.17) is 24.1 Å². The van der Waals surface area contributed by atoms with Crippen LogP contribution in [0.25, 0.3) is 0 Å². The van der Waals surface area contributed by atoms with Crippen LogP contribution in [0.2, 0.25) is 0 Å². The minimum atomic E-state index is -0.902. The molecule has 0 spiro atoms. The van der Waals surface area contributed by atoms with Gasteiger partial charge in [0.15, 0.2) is 12.4 Å². The summed E-state index contributed by atoms with van der Waals surface area (Å²) in [6, 6.07) is 0. The Balaban J connectivity index is 2.91. The summed E-state index contributed by atoms with van der Waals surface area (Å²) >= 11 is 0. The number of ether oxygens (including phenoxy) is 4. The predicted octanol–water partition coefficient (Wildman–Crippen LogP) is 2.28. The maximum atomic E-state index is 12.1. The smallest absolute Gasteiger partial charge is 0.306 e. The highest BCUT2D eigenvalue weighted by Gasteiger charge is 2.44. The Morgan fingerprint density at radius 1 is 1.04 bits per heavy atom. The maximum Gasteiger partial charge on any atom is 0.306 e. The van der Waals surface area contributed by atoms with Gasteiger partial charge in [0, 0.05) is 26.4 Å². The Kier molecular flexibility index (Phi) is 10.2. The van der Waals surface area contributed by atoms with Crippen molar-refractivity contribution in [2.75, 3.05) is 13.7 Å². The monoisotopic (exact) mass is 374 g/mol. The lowest BCUT2D eigenvalue weighted by atomic mass is 9.89. The van der Waals surface area contributed by atoms with Crippen molar-refractivity contribution >= 4 is 17.9 Å². The number of esters is 2. The van der Waals surface area contributed by atoms with Crippen LogP contribution in [-0.2, 0) is 33.3 Å². The standard InChI is InChI=1S/C18H30O8/c1-4-7-15(21)25-13-11-24-18(23-3)12(9-6-10-14(19)20)17(13)26-16(22)8-5-2/h12-13,17-18H,4-11H2,1-3H3,(H,19,20)/t12-,13-,17+,18+/m1/s1. The minimum Gasteiger partial charge on any atom is -0.481 e. The van der Waals surface area contributed by atoms with Gasteiger partial charge in [-0.25, -0.2) is 0 Å². The number of carboxylic acids is 1. The molecule has 1 heterocycles. The highest BCUT2D eigenvalue weighted by atomic mass is 16.7. The zero-order valence-corrected chi connectivity index (χ0v) is 15.8. The van der Waals surface area contributed by atoms with E-state index < -0.39 is 30.4 Å². The second-order valence-corrected chi connectivity index (χ2v) is 6.37. The zero-order chi connectivity index (χ0) is 19.5. The second-order valence-electron chi connectivity index (χ2n) is 6.37. The van der Waals surface area contributed by atoms with Crippen molar-refractivity contribution < 1.29 is 38.4 Å². The molecule has 0 aromatic heterocycles. The van der Waals surface area contributed by atoms with Gasteiger partial charge >= 0.3 is 17.9 Å². The first-order valence-corrected chi connectivity index (χ1v) is 9.18. The first-order chi connectivity index (χ1) is 12.4. The van der Waals surface area contributed by atoms with Gasteiger partial charge in [0.05, 0.1) is 12.5 Å². The molecular weight excluding hydrogens is 344 g/mol. The van der Waals surface area contributed by atoms with Crippen molar-refractivity contribution in [2.24, 2.45) is 5.92 Å². The van der Waals surface area contributed by atoms with Crippen molar-refractivity contribution in [3.63, 3.8) is 0 Å². The molecule has 1 aliphatic heterocycles. The van der Waals surface area contributed by atoms with Gasteiger partial charge in [0.1, 0.15) is 6.10 Å². The summed E-state index contributed by atoms with van der Waals surface area (Å²) in [6.45, 7) is 3.80. The molecule has 4 atom stereocenters. The molecule has 1 saturated heterocycles. The molecule has 0 radical (unpaired) electrons. The van der Waals surface area contributed by atoms with Crippen LogP contribution in [0.1, 0.15) is 58.8 Å². The van der Waals surface area contributed by atoms with Crippen molar-refractivity contribution in [3.8, 4) is 0 Å². The second kappa shape index (κ2) is 11.9. The average molecular weight is 374 g/mol. The molecule has 8 nitrogen and oxygen atoms in total. The molecule has 1 fully saturated rings. The predicted molar refractivity (Wildman–Crippen MR) is 91.3 cm³/mol. The van der Waals surface area contributed by atoms with E-state index >= 15 is 0 Å². The number of hydrogen-bond acceptors (Lipinski definition) is 7. The van der Waals surface area contributed by atoms with Crippen LogP contribution >= 0.6 is 0 Å². The fraction of sp³-hybridized carbons (Fsp3) is 0.833. The van der Waals surface area contributed by atoms with Gasteiger partial charge in [0.2, 0.25) is 0 Å². The molecule has 0 amide bonds. The number of rotatable bonds is 11. The van der Waals surface area contributed by atoms with E-state index in [9.17, 15) is 14.4 Å². The van der Waals surface area contributed by atoms with Gasteiger partial charge in [0.25, 0.3) is 0 Å². The average Bonchev–Trinajstić information content (AvgIpc) is 2.57. The summed E-state index contributed by atoms with van der Waals surface area (Å²) in [4.78, 5) is 34.8. The number of hydrogen-bond donors (Lipinski definition) is 1. The normalized spacial score (nSPS) is 25.5. The Morgan fingerprint density at radius 2 is 1.65 bits per heavy atom. The first-order valence-electron chi connectivity index (χ1n) is 9.18. The van der Waals surface area contributed by atoms with E-state index in [0.717, 1.165) is 0 Å². The third-order valence-corrected chi connectivity index (χ3v) is 4.18. The van der Waals surface area contributed by atoms with Crippen molar-refractivity contribution in [1.82, 2.24) is 0 Å². The largest absolute Gasteiger partial charge is 0.481 e. The maximum absolute atomic E-state index is 12.1. The van der Waals surface area contributed by atoms with Crippen molar-refractivity contribution in [2.45, 2.75) is 77.3 Å². The SMILES string of the molecule is CCCC(=O)O[C@H]1[C@@H](CCCC(=O)O)[C@@H](OC)OC[C@H]1OC(=O)CCC. The van der Waals surface area contributed by atoms with Crippen LogP contribution < -0.4 is 0 Å². The van der Waals surface area contributed by atoms with E-state index in [1.54, 1.807) is 0 Å². The van der Waals surface area contributed by atoms with Crippen LogP contribution in [0.15, 0.2) is 0 Å². The molecule has 0 aromatic rings. The quantitative estimate of drug-likeness (QED) is 0.549. The Morgan fingerprint density at radius 3 is 2.19 bits per heavy atom. The number of aliphatic carboxylic acids is 1. The van der Waals surface area contributed by atoms with E-state index in [1.807, 2.05) is 13.8 Å². The van der Waals surface area contributed by atoms with E-state index in [2.05, 4.69) is 0 Å². The van der Waals surface area contributed by atoms with E-state index in [1.165, 1.54) is 7.11 Å². The molecule has 0 aliphatic carbocycles. The molecular formula is C18H30O8. The van der Waals surface area contributed by atoms with Crippen molar-refractivity contribution in [1.29, 1.82) is 0 Å². The van der Waals surface area contributed by atoms with Crippen LogP contribution in [0.3, 0.4) is 0 Å². The van der Waals surface area contributed by atoms with Crippen LogP contribution in [0.5, 0.6) is 0 Å². The van der Waals surface area contributed by atoms with Gasteiger partial charge in [-0.1, -0.05) is 13.8 Å².